The first-order valence-corrected chi connectivity index (χ1v) is 6.28. The standard InChI is InChI=1S/C11H16N2O4S/c1-5-17-10(14)7(2)18-11-12-6-8(15-3)9(13-11)16-4/h6-7H,5H2,1-4H3/t7-/m0/s1. The Kier molecular flexibility index (Phi) is 5.70. The number of hydrogen-bond acceptors (Lipinski definition) is 7. The van der Waals surface area contributed by atoms with Crippen LogP contribution in [0.3, 0.4) is 0 Å². The lowest BCUT2D eigenvalue weighted by molar-refractivity contribution is -0.142. The first kappa shape index (κ1) is 14.6. The molecule has 1 rings (SSSR count). The Balaban J connectivity index is 2.76. The Morgan fingerprint density at radius 1 is 1.44 bits per heavy atom. The lowest BCUT2D eigenvalue weighted by Crippen LogP contribution is -2.17. The third kappa shape index (κ3) is 3.76. The van der Waals surface area contributed by atoms with Crippen LogP contribution in [0.4, 0.5) is 0 Å². The molecular formula is C11H16N2O4S. The number of ether oxygens (including phenoxy) is 3. The van der Waals surface area contributed by atoms with E-state index >= 15 is 0 Å². The van der Waals surface area contributed by atoms with Crippen LogP contribution < -0.4 is 9.47 Å². The molecule has 1 heterocycles. The highest BCUT2D eigenvalue weighted by molar-refractivity contribution is 8.00. The summed E-state index contributed by atoms with van der Waals surface area (Å²) in [5.74, 6) is 0.498. The molecule has 0 aliphatic heterocycles. The normalized spacial score (nSPS) is 11.8. The highest BCUT2D eigenvalue weighted by Gasteiger charge is 2.18. The van der Waals surface area contributed by atoms with Crippen molar-refractivity contribution in [1.29, 1.82) is 0 Å². The molecule has 0 bridgehead atoms. The van der Waals surface area contributed by atoms with Gasteiger partial charge in [-0.15, -0.1) is 0 Å². The quantitative estimate of drug-likeness (QED) is 0.442. The van der Waals surface area contributed by atoms with Gasteiger partial charge in [-0.3, -0.25) is 4.79 Å². The molecule has 6 nitrogen and oxygen atoms in total. The summed E-state index contributed by atoms with van der Waals surface area (Å²) < 4.78 is 15.0. The minimum atomic E-state index is -0.372. The summed E-state index contributed by atoms with van der Waals surface area (Å²) in [6.07, 6.45) is 1.51. The van der Waals surface area contributed by atoms with Gasteiger partial charge in [0.05, 0.1) is 27.0 Å². The topological polar surface area (TPSA) is 70.5 Å². The summed E-state index contributed by atoms with van der Waals surface area (Å²) in [5, 5.41) is 0.0660. The number of hydrogen-bond donors (Lipinski definition) is 0. The second-order valence-electron chi connectivity index (χ2n) is 3.24. The number of carbonyl (C=O) groups excluding carboxylic acids is 1. The smallest absolute Gasteiger partial charge is 0.319 e. The van der Waals surface area contributed by atoms with Gasteiger partial charge in [-0.05, 0) is 13.8 Å². The number of thioether (sulfide) groups is 1. The van der Waals surface area contributed by atoms with Crippen molar-refractivity contribution >= 4 is 17.7 Å². The summed E-state index contributed by atoms with van der Waals surface area (Å²) in [6, 6.07) is 0. The molecule has 0 aliphatic rings. The Hall–Kier alpha value is -1.50. The van der Waals surface area contributed by atoms with E-state index in [1.54, 1.807) is 13.8 Å². The average molecular weight is 272 g/mol. The van der Waals surface area contributed by atoms with Crippen LogP contribution in [0.5, 0.6) is 11.6 Å². The van der Waals surface area contributed by atoms with E-state index in [0.29, 0.717) is 23.4 Å². The van der Waals surface area contributed by atoms with Crippen LogP contribution in [0, 0.1) is 0 Å². The van der Waals surface area contributed by atoms with Crippen LogP contribution in [0.15, 0.2) is 11.4 Å². The predicted molar refractivity (Wildman–Crippen MR) is 67.1 cm³/mol. The van der Waals surface area contributed by atoms with E-state index in [-0.39, 0.29) is 11.2 Å². The highest BCUT2D eigenvalue weighted by atomic mass is 32.2. The number of aromatic nitrogens is 2. The largest absolute Gasteiger partial charge is 0.490 e. The zero-order valence-corrected chi connectivity index (χ0v) is 11.6. The SMILES string of the molecule is CCOC(=O)[C@H](C)Sc1ncc(OC)c(OC)n1. The molecule has 100 valence electrons. The lowest BCUT2D eigenvalue weighted by Gasteiger charge is -2.10. The van der Waals surface area contributed by atoms with Gasteiger partial charge in [-0.1, -0.05) is 11.8 Å². The second kappa shape index (κ2) is 7.05. The fourth-order valence-corrected chi connectivity index (χ4v) is 1.88. The third-order valence-electron chi connectivity index (χ3n) is 2.01. The van der Waals surface area contributed by atoms with E-state index in [0.717, 1.165) is 0 Å². The van der Waals surface area contributed by atoms with Crippen LogP contribution in [-0.2, 0) is 9.53 Å². The summed E-state index contributed by atoms with van der Waals surface area (Å²) in [5.41, 5.74) is 0. The molecule has 0 amide bonds. The molecule has 18 heavy (non-hydrogen) atoms. The van der Waals surface area contributed by atoms with E-state index in [1.807, 2.05) is 0 Å². The summed E-state index contributed by atoms with van der Waals surface area (Å²) in [7, 11) is 3.00. The molecule has 0 unspecified atom stereocenters. The van der Waals surface area contributed by atoms with Crippen molar-refractivity contribution in [2.24, 2.45) is 0 Å². The first-order valence-electron chi connectivity index (χ1n) is 5.40. The number of nitrogens with zero attached hydrogens (tertiary/aromatic N) is 2. The third-order valence-corrected chi connectivity index (χ3v) is 2.97. The van der Waals surface area contributed by atoms with Crippen molar-refractivity contribution in [3.8, 4) is 11.6 Å². The van der Waals surface area contributed by atoms with Crippen molar-refractivity contribution < 1.29 is 19.0 Å². The Bertz CT molecular complexity index is 414. The minimum absolute atomic E-state index is 0.291. The van der Waals surface area contributed by atoms with E-state index in [1.165, 1.54) is 32.2 Å². The Labute approximate surface area is 110 Å². The molecule has 0 aliphatic carbocycles. The molecular weight excluding hydrogens is 256 g/mol. The van der Waals surface area contributed by atoms with E-state index < -0.39 is 0 Å². The monoisotopic (exact) mass is 272 g/mol. The van der Waals surface area contributed by atoms with Crippen LogP contribution in [-0.4, -0.2) is 42.0 Å². The van der Waals surface area contributed by atoms with Gasteiger partial charge >= 0.3 is 5.97 Å². The minimum Gasteiger partial charge on any atom is -0.490 e. The van der Waals surface area contributed by atoms with E-state index in [2.05, 4.69) is 9.97 Å². The van der Waals surface area contributed by atoms with Crippen molar-refractivity contribution in [2.45, 2.75) is 24.3 Å². The highest BCUT2D eigenvalue weighted by Crippen LogP contribution is 2.27. The molecule has 1 atom stereocenters. The maximum absolute atomic E-state index is 11.5. The molecule has 0 fully saturated rings. The molecule has 0 saturated carbocycles. The molecule has 1 aromatic rings. The van der Waals surface area contributed by atoms with Gasteiger partial charge < -0.3 is 14.2 Å². The number of carbonyl (C=O) groups is 1. The van der Waals surface area contributed by atoms with Crippen molar-refractivity contribution in [2.75, 3.05) is 20.8 Å². The molecule has 0 saturated heterocycles. The predicted octanol–water partition coefficient (Wildman–Crippen LogP) is 1.54. The summed E-state index contributed by atoms with van der Waals surface area (Å²) >= 11 is 1.21. The van der Waals surface area contributed by atoms with Gasteiger partial charge in [-0.25, -0.2) is 4.98 Å². The molecule has 0 N–H and O–H groups in total. The Morgan fingerprint density at radius 3 is 2.72 bits per heavy atom. The number of methoxy groups -OCH3 is 2. The first-order chi connectivity index (χ1) is 8.62. The van der Waals surface area contributed by atoms with E-state index in [4.69, 9.17) is 14.2 Å². The second-order valence-corrected chi connectivity index (χ2v) is 4.55. The van der Waals surface area contributed by atoms with E-state index in [9.17, 15) is 4.79 Å². The van der Waals surface area contributed by atoms with Crippen LogP contribution in [0.1, 0.15) is 13.8 Å². The zero-order valence-electron chi connectivity index (χ0n) is 10.8. The zero-order chi connectivity index (χ0) is 13.5. The molecule has 7 heteroatoms. The fourth-order valence-electron chi connectivity index (χ4n) is 1.15. The molecule has 1 aromatic heterocycles. The number of esters is 1. The van der Waals surface area contributed by atoms with Gasteiger partial charge in [0, 0.05) is 0 Å². The molecule has 0 radical (unpaired) electrons. The van der Waals surface area contributed by atoms with Gasteiger partial charge in [0.15, 0.2) is 10.9 Å². The van der Waals surface area contributed by atoms with Gasteiger partial charge in [0.2, 0.25) is 0 Å². The Morgan fingerprint density at radius 2 is 2.17 bits per heavy atom. The van der Waals surface area contributed by atoms with Gasteiger partial charge in [0.25, 0.3) is 5.88 Å². The molecule has 0 aromatic carbocycles. The summed E-state index contributed by atoms with van der Waals surface area (Å²) in [6.45, 7) is 3.86. The summed E-state index contributed by atoms with van der Waals surface area (Å²) in [4.78, 5) is 19.7. The van der Waals surface area contributed by atoms with Crippen LogP contribution >= 0.6 is 11.8 Å². The lowest BCUT2D eigenvalue weighted by atomic mass is 10.5. The van der Waals surface area contributed by atoms with Gasteiger partial charge in [-0.2, -0.15) is 4.98 Å². The van der Waals surface area contributed by atoms with Gasteiger partial charge in [0.1, 0.15) is 5.25 Å². The fraction of sp³-hybridized carbons (Fsp3) is 0.545. The number of rotatable bonds is 6. The van der Waals surface area contributed by atoms with Crippen molar-refractivity contribution in [3.05, 3.63) is 6.20 Å². The maximum atomic E-state index is 11.5. The van der Waals surface area contributed by atoms with Crippen LogP contribution in [0.2, 0.25) is 0 Å². The van der Waals surface area contributed by atoms with Crippen LogP contribution in [0.25, 0.3) is 0 Å². The average Bonchev–Trinajstić information content (AvgIpc) is 2.38. The molecule has 0 spiro atoms. The van der Waals surface area contributed by atoms with Crippen molar-refractivity contribution in [3.63, 3.8) is 0 Å². The van der Waals surface area contributed by atoms with Crippen molar-refractivity contribution in [1.82, 2.24) is 9.97 Å². The maximum Gasteiger partial charge on any atom is 0.319 e.